The first kappa shape index (κ1) is 16.5. The molecule has 1 aliphatic heterocycles. The lowest BCUT2D eigenvalue weighted by Gasteiger charge is -2.36. The van der Waals surface area contributed by atoms with E-state index in [9.17, 15) is 4.79 Å². The fourth-order valence-corrected chi connectivity index (χ4v) is 3.38. The van der Waals surface area contributed by atoms with Gasteiger partial charge in [-0.05, 0) is 52.5 Å². The van der Waals surface area contributed by atoms with E-state index in [1.807, 2.05) is 42.5 Å². The van der Waals surface area contributed by atoms with Crippen LogP contribution in [0.4, 0.5) is 5.69 Å². The van der Waals surface area contributed by atoms with Gasteiger partial charge in [0.2, 0.25) is 5.91 Å². The molecule has 0 aliphatic carbocycles. The molecule has 0 spiro atoms. The minimum absolute atomic E-state index is 0.00890. The molecular weight excluding hydrogens is 378 g/mol. The van der Waals surface area contributed by atoms with Crippen LogP contribution in [-0.2, 0) is 14.9 Å². The summed E-state index contributed by atoms with van der Waals surface area (Å²) in [5.41, 5.74) is 1.17. The zero-order chi connectivity index (χ0) is 16.3. The van der Waals surface area contributed by atoms with Gasteiger partial charge in [-0.15, -0.1) is 0 Å². The summed E-state index contributed by atoms with van der Waals surface area (Å²) in [7, 11) is 0. The predicted octanol–water partition coefficient (Wildman–Crippen LogP) is 4.79. The Morgan fingerprint density at radius 1 is 1.13 bits per heavy atom. The molecule has 3 rings (SSSR count). The Balaban J connectivity index is 1.90. The lowest BCUT2D eigenvalue weighted by Crippen LogP contribution is -2.44. The number of ether oxygens (including phenoxy) is 1. The second-order valence-corrected chi connectivity index (χ2v) is 6.91. The van der Waals surface area contributed by atoms with Crippen molar-refractivity contribution >= 4 is 39.1 Å². The zero-order valence-electron chi connectivity index (χ0n) is 12.5. The quantitative estimate of drug-likeness (QED) is 0.813. The van der Waals surface area contributed by atoms with Gasteiger partial charge in [-0.3, -0.25) is 4.79 Å². The van der Waals surface area contributed by atoms with E-state index in [0.29, 0.717) is 36.8 Å². The molecule has 0 aromatic heterocycles. The predicted molar refractivity (Wildman–Crippen MR) is 96.0 cm³/mol. The summed E-state index contributed by atoms with van der Waals surface area (Å²) in [6.45, 7) is 1.17. The highest BCUT2D eigenvalue weighted by Gasteiger charge is 2.41. The molecule has 1 heterocycles. The van der Waals surface area contributed by atoms with Gasteiger partial charge in [0.05, 0.1) is 10.4 Å². The zero-order valence-corrected chi connectivity index (χ0v) is 14.9. The third kappa shape index (κ3) is 3.44. The van der Waals surface area contributed by atoms with E-state index in [4.69, 9.17) is 16.3 Å². The number of nitrogens with one attached hydrogen (secondary N) is 1. The van der Waals surface area contributed by atoms with Crippen molar-refractivity contribution in [2.45, 2.75) is 18.3 Å². The largest absolute Gasteiger partial charge is 0.381 e. The lowest BCUT2D eigenvalue weighted by atomic mass is 9.73. The number of anilines is 1. The molecule has 23 heavy (non-hydrogen) atoms. The third-order valence-electron chi connectivity index (χ3n) is 4.28. The average Bonchev–Trinajstić information content (AvgIpc) is 2.59. The summed E-state index contributed by atoms with van der Waals surface area (Å²) >= 11 is 9.47. The Hall–Kier alpha value is -1.36. The molecule has 0 bridgehead atoms. The molecule has 3 nitrogen and oxygen atoms in total. The van der Waals surface area contributed by atoms with E-state index in [-0.39, 0.29) is 5.91 Å². The molecule has 5 heteroatoms. The maximum absolute atomic E-state index is 13.1. The number of benzene rings is 2. The molecule has 1 fully saturated rings. The Labute approximate surface area is 149 Å². The van der Waals surface area contributed by atoms with Crippen molar-refractivity contribution in [3.05, 3.63) is 63.6 Å². The van der Waals surface area contributed by atoms with E-state index in [1.165, 1.54) is 0 Å². The van der Waals surface area contributed by atoms with Crippen LogP contribution in [0.15, 0.2) is 53.0 Å². The van der Waals surface area contributed by atoms with Gasteiger partial charge >= 0.3 is 0 Å². The molecule has 0 saturated carbocycles. The van der Waals surface area contributed by atoms with Crippen LogP contribution < -0.4 is 5.32 Å². The SMILES string of the molecule is O=C(Nc1ccc(Br)c(Cl)c1)C1(c2ccccc2)CCOCC1. The van der Waals surface area contributed by atoms with Gasteiger partial charge in [-0.25, -0.2) is 0 Å². The van der Waals surface area contributed by atoms with Crippen molar-refractivity contribution in [1.82, 2.24) is 0 Å². The van der Waals surface area contributed by atoms with Crippen molar-refractivity contribution in [1.29, 1.82) is 0 Å². The van der Waals surface area contributed by atoms with Crippen LogP contribution in [-0.4, -0.2) is 19.1 Å². The Bertz CT molecular complexity index is 699. The van der Waals surface area contributed by atoms with Crippen LogP contribution in [0.5, 0.6) is 0 Å². The van der Waals surface area contributed by atoms with Gasteiger partial charge in [0.1, 0.15) is 0 Å². The van der Waals surface area contributed by atoms with Crippen LogP contribution >= 0.6 is 27.5 Å². The summed E-state index contributed by atoms with van der Waals surface area (Å²) in [4.78, 5) is 13.1. The standard InChI is InChI=1S/C18H17BrClNO2/c19-15-7-6-14(12-16(15)20)21-17(22)18(8-10-23-11-9-18)13-4-2-1-3-5-13/h1-7,12H,8-11H2,(H,21,22). The second-order valence-electron chi connectivity index (χ2n) is 5.64. The fraction of sp³-hybridized carbons (Fsp3) is 0.278. The summed E-state index contributed by atoms with van der Waals surface area (Å²) in [6, 6.07) is 15.3. The van der Waals surface area contributed by atoms with E-state index in [2.05, 4.69) is 21.2 Å². The summed E-state index contributed by atoms with van der Waals surface area (Å²) in [6.07, 6.45) is 1.35. The summed E-state index contributed by atoms with van der Waals surface area (Å²) in [5.74, 6) is -0.00890. The van der Waals surface area contributed by atoms with Gasteiger partial charge in [-0.1, -0.05) is 41.9 Å². The van der Waals surface area contributed by atoms with Gasteiger partial charge < -0.3 is 10.1 Å². The minimum atomic E-state index is -0.556. The Kier molecular flexibility index (Phi) is 5.05. The fourth-order valence-electron chi connectivity index (χ4n) is 2.95. The Morgan fingerprint density at radius 2 is 1.83 bits per heavy atom. The van der Waals surface area contributed by atoms with E-state index in [1.54, 1.807) is 6.07 Å². The molecule has 120 valence electrons. The topological polar surface area (TPSA) is 38.3 Å². The molecule has 0 atom stereocenters. The lowest BCUT2D eigenvalue weighted by molar-refractivity contribution is -0.125. The summed E-state index contributed by atoms with van der Waals surface area (Å²) in [5, 5.41) is 3.59. The highest BCUT2D eigenvalue weighted by atomic mass is 79.9. The number of carbonyl (C=O) groups is 1. The maximum Gasteiger partial charge on any atom is 0.235 e. The monoisotopic (exact) mass is 393 g/mol. The first-order chi connectivity index (χ1) is 11.1. The van der Waals surface area contributed by atoms with E-state index in [0.717, 1.165) is 10.0 Å². The number of hydrogen-bond acceptors (Lipinski definition) is 2. The number of hydrogen-bond donors (Lipinski definition) is 1. The molecule has 2 aromatic carbocycles. The molecule has 1 saturated heterocycles. The van der Waals surface area contributed by atoms with Crippen LogP contribution in [0.25, 0.3) is 0 Å². The van der Waals surface area contributed by atoms with Crippen molar-refractivity contribution in [3.63, 3.8) is 0 Å². The van der Waals surface area contributed by atoms with Crippen molar-refractivity contribution in [2.75, 3.05) is 18.5 Å². The normalized spacial score (nSPS) is 16.8. The van der Waals surface area contributed by atoms with Gasteiger partial charge in [-0.2, -0.15) is 0 Å². The first-order valence-electron chi connectivity index (χ1n) is 7.52. The second kappa shape index (κ2) is 7.04. The van der Waals surface area contributed by atoms with Gasteiger partial charge in [0, 0.05) is 23.4 Å². The van der Waals surface area contributed by atoms with Crippen LogP contribution in [0.3, 0.4) is 0 Å². The first-order valence-corrected chi connectivity index (χ1v) is 8.69. The van der Waals surface area contributed by atoms with Crippen molar-refractivity contribution in [2.24, 2.45) is 0 Å². The molecule has 0 unspecified atom stereocenters. The minimum Gasteiger partial charge on any atom is -0.381 e. The highest BCUT2D eigenvalue weighted by Crippen LogP contribution is 2.36. The number of halogens is 2. The number of amides is 1. The van der Waals surface area contributed by atoms with Crippen molar-refractivity contribution in [3.8, 4) is 0 Å². The molecular formula is C18H17BrClNO2. The number of carbonyl (C=O) groups excluding carboxylic acids is 1. The maximum atomic E-state index is 13.1. The smallest absolute Gasteiger partial charge is 0.235 e. The van der Waals surface area contributed by atoms with E-state index < -0.39 is 5.41 Å². The van der Waals surface area contributed by atoms with Crippen LogP contribution in [0, 0.1) is 0 Å². The molecule has 0 radical (unpaired) electrons. The molecule has 1 aliphatic rings. The molecule has 1 amide bonds. The van der Waals surface area contributed by atoms with Gasteiger partial charge in [0.25, 0.3) is 0 Å². The molecule has 1 N–H and O–H groups in total. The highest BCUT2D eigenvalue weighted by molar-refractivity contribution is 9.10. The van der Waals surface area contributed by atoms with Crippen LogP contribution in [0.2, 0.25) is 5.02 Å². The van der Waals surface area contributed by atoms with Crippen molar-refractivity contribution < 1.29 is 9.53 Å². The van der Waals surface area contributed by atoms with E-state index >= 15 is 0 Å². The Morgan fingerprint density at radius 3 is 2.48 bits per heavy atom. The molecule has 2 aromatic rings. The van der Waals surface area contributed by atoms with Gasteiger partial charge in [0.15, 0.2) is 0 Å². The number of rotatable bonds is 3. The average molecular weight is 395 g/mol. The van der Waals surface area contributed by atoms with Crippen LogP contribution in [0.1, 0.15) is 18.4 Å². The summed E-state index contributed by atoms with van der Waals surface area (Å²) < 4.78 is 6.28. The third-order valence-corrected chi connectivity index (χ3v) is 5.52.